The molecule has 1 aliphatic rings. The zero-order chi connectivity index (χ0) is 13.9. The molecule has 2 aromatic rings. The van der Waals surface area contributed by atoms with Gasteiger partial charge in [-0.3, -0.25) is 4.79 Å². The molecule has 0 unspecified atom stereocenters. The predicted molar refractivity (Wildman–Crippen MR) is 73.5 cm³/mol. The number of fused-ring (bicyclic) bond motifs is 1. The molecule has 0 radical (unpaired) electrons. The van der Waals surface area contributed by atoms with Crippen LogP contribution in [0.4, 0.5) is 0 Å². The molecule has 0 saturated carbocycles. The molecule has 4 nitrogen and oxygen atoms in total. The van der Waals surface area contributed by atoms with Crippen LogP contribution in [0.15, 0.2) is 36.4 Å². The highest BCUT2D eigenvalue weighted by Crippen LogP contribution is 2.32. The summed E-state index contributed by atoms with van der Waals surface area (Å²) in [5.74, 6) is 2.21. The van der Waals surface area contributed by atoms with E-state index in [2.05, 4.69) is 0 Å². The Kier molecular flexibility index (Phi) is 3.29. The Morgan fingerprint density at radius 1 is 1.15 bits per heavy atom. The Hall–Kier alpha value is -2.49. The van der Waals surface area contributed by atoms with Crippen LogP contribution >= 0.6 is 0 Å². The van der Waals surface area contributed by atoms with Gasteiger partial charge in [-0.25, -0.2) is 0 Å². The summed E-state index contributed by atoms with van der Waals surface area (Å²) in [7, 11) is 0. The van der Waals surface area contributed by atoms with Crippen molar-refractivity contribution in [2.75, 3.05) is 6.79 Å². The van der Waals surface area contributed by atoms with Crippen LogP contribution in [0.2, 0.25) is 0 Å². The fraction of sp³-hybridized carbons (Fsp3) is 0.188. The third-order valence-electron chi connectivity index (χ3n) is 3.18. The van der Waals surface area contributed by atoms with Crippen LogP contribution in [-0.4, -0.2) is 13.1 Å². The van der Waals surface area contributed by atoms with Crippen molar-refractivity contribution in [3.63, 3.8) is 0 Å². The van der Waals surface area contributed by atoms with Crippen molar-refractivity contribution in [3.8, 4) is 17.2 Å². The number of ether oxygens (including phenoxy) is 3. The number of hydrogen-bond acceptors (Lipinski definition) is 4. The molecular weight excluding hydrogens is 256 g/mol. The quantitative estimate of drug-likeness (QED) is 0.801. The molecule has 2 aromatic carbocycles. The summed E-state index contributed by atoms with van der Waals surface area (Å²) in [4.78, 5) is 10.8. The van der Waals surface area contributed by atoms with E-state index in [1.54, 1.807) is 12.1 Å². The molecule has 4 heteroatoms. The van der Waals surface area contributed by atoms with Gasteiger partial charge < -0.3 is 14.2 Å². The van der Waals surface area contributed by atoms with Gasteiger partial charge in [0, 0.05) is 5.56 Å². The normalized spacial score (nSPS) is 12.2. The SMILES string of the molecule is Cc1ccc(C=O)cc1OCc1ccc2c(c1)OCO2. The largest absolute Gasteiger partial charge is 0.489 e. The molecule has 0 aliphatic carbocycles. The number of aldehydes is 1. The van der Waals surface area contributed by atoms with Gasteiger partial charge in [0.2, 0.25) is 6.79 Å². The Morgan fingerprint density at radius 3 is 2.85 bits per heavy atom. The lowest BCUT2D eigenvalue weighted by Gasteiger charge is -2.10. The minimum Gasteiger partial charge on any atom is -0.489 e. The van der Waals surface area contributed by atoms with Gasteiger partial charge in [0.15, 0.2) is 11.5 Å². The van der Waals surface area contributed by atoms with Gasteiger partial charge in [-0.15, -0.1) is 0 Å². The number of aryl methyl sites for hydroxylation is 1. The maximum absolute atomic E-state index is 10.8. The first-order valence-corrected chi connectivity index (χ1v) is 6.33. The number of carbonyl (C=O) groups excluding carboxylic acids is 1. The van der Waals surface area contributed by atoms with Gasteiger partial charge in [-0.2, -0.15) is 0 Å². The van der Waals surface area contributed by atoms with Crippen molar-refractivity contribution < 1.29 is 19.0 Å². The van der Waals surface area contributed by atoms with Crippen LogP contribution in [0.1, 0.15) is 21.5 Å². The second-order valence-electron chi connectivity index (χ2n) is 4.62. The van der Waals surface area contributed by atoms with Crippen LogP contribution in [-0.2, 0) is 6.61 Å². The van der Waals surface area contributed by atoms with Crippen LogP contribution in [0, 0.1) is 6.92 Å². The molecule has 0 fully saturated rings. The second kappa shape index (κ2) is 5.25. The Morgan fingerprint density at radius 2 is 2.00 bits per heavy atom. The van der Waals surface area contributed by atoms with E-state index in [-0.39, 0.29) is 6.79 Å². The summed E-state index contributed by atoms with van der Waals surface area (Å²) >= 11 is 0. The first-order chi connectivity index (χ1) is 9.76. The number of carbonyl (C=O) groups is 1. The monoisotopic (exact) mass is 270 g/mol. The van der Waals surface area contributed by atoms with E-state index in [1.807, 2.05) is 31.2 Å². The van der Waals surface area contributed by atoms with Crippen LogP contribution in [0.25, 0.3) is 0 Å². The van der Waals surface area contributed by atoms with Crippen LogP contribution in [0.3, 0.4) is 0 Å². The predicted octanol–water partition coefficient (Wildman–Crippen LogP) is 3.12. The van der Waals surface area contributed by atoms with Gasteiger partial charge in [0.25, 0.3) is 0 Å². The van der Waals surface area contributed by atoms with E-state index in [9.17, 15) is 4.79 Å². The maximum Gasteiger partial charge on any atom is 0.231 e. The van der Waals surface area contributed by atoms with Gasteiger partial charge >= 0.3 is 0 Å². The molecule has 0 spiro atoms. The van der Waals surface area contributed by atoms with E-state index < -0.39 is 0 Å². The van der Waals surface area contributed by atoms with Gasteiger partial charge in [0.05, 0.1) is 0 Å². The first kappa shape index (κ1) is 12.5. The Bertz CT molecular complexity index is 649. The number of benzene rings is 2. The summed E-state index contributed by atoms with van der Waals surface area (Å²) in [5, 5.41) is 0. The number of hydrogen-bond donors (Lipinski definition) is 0. The van der Waals surface area contributed by atoms with Gasteiger partial charge in [-0.05, 0) is 36.2 Å². The van der Waals surface area contributed by atoms with E-state index in [4.69, 9.17) is 14.2 Å². The molecule has 0 amide bonds. The highest BCUT2D eigenvalue weighted by molar-refractivity contribution is 5.75. The fourth-order valence-electron chi connectivity index (χ4n) is 2.04. The van der Waals surface area contributed by atoms with Gasteiger partial charge in [0.1, 0.15) is 18.6 Å². The van der Waals surface area contributed by atoms with Crippen molar-refractivity contribution in [1.82, 2.24) is 0 Å². The fourth-order valence-corrected chi connectivity index (χ4v) is 2.04. The van der Waals surface area contributed by atoms with Crippen molar-refractivity contribution >= 4 is 6.29 Å². The molecule has 1 heterocycles. The lowest BCUT2D eigenvalue weighted by atomic mass is 10.1. The molecule has 20 heavy (non-hydrogen) atoms. The molecule has 1 aliphatic heterocycles. The maximum atomic E-state index is 10.8. The van der Waals surface area contributed by atoms with E-state index in [1.165, 1.54) is 0 Å². The molecule has 3 rings (SSSR count). The average Bonchev–Trinajstić information content (AvgIpc) is 2.94. The number of rotatable bonds is 4. The van der Waals surface area contributed by atoms with Crippen molar-refractivity contribution in [2.24, 2.45) is 0 Å². The molecule has 0 atom stereocenters. The van der Waals surface area contributed by atoms with Crippen LogP contribution < -0.4 is 14.2 Å². The third kappa shape index (κ3) is 2.45. The molecule has 0 N–H and O–H groups in total. The summed E-state index contributed by atoms with van der Waals surface area (Å²) in [6, 6.07) is 11.1. The lowest BCUT2D eigenvalue weighted by molar-refractivity contribution is 0.112. The second-order valence-corrected chi connectivity index (χ2v) is 4.62. The smallest absolute Gasteiger partial charge is 0.231 e. The summed E-state index contributed by atoms with van der Waals surface area (Å²) in [5.41, 5.74) is 2.60. The lowest BCUT2D eigenvalue weighted by Crippen LogP contribution is -1.98. The standard InChI is InChI=1S/C16H14O4/c1-11-2-3-12(8-17)6-15(11)18-9-13-4-5-14-16(7-13)20-10-19-14/h2-8H,9-10H2,1H3. The van der Waals surface area contributed by atoms with Crippen molar-refractivity contribution in [3.05, 3.63) is 53.1 Å². The topological polar surface area (TPSA) is 44.8 Å². The van der Waals surface area contributed by atoms with Crippen molar-refractivity contribution in [2.45, 2.75) is 13.5 Å². The third-order valence-corrected chi connectivity index (χ3v) is 3.18. The van der Waals surface area contributed by atoms with Crippen LogP contribution in [0.5, 0.6) is 17.2 Å². The molecular formula is C16H14O4. The summed E-state index contributed by atoms with van der Waals surface area (Å²) < 4.78 is 16.4. The van der Waals surface area contributed by atoms with E-state index in [0.717, 1.165) is 28.9 Å². The Balaban J connectivity index is 1.74. The minimum atomic E-state index is 0.264. The van der Waals surface area contributed by atoms with E-state index in [0.29, 0.717) is 17.9 Å². The highest BCUT2D eigenvalue weighted by Gasteiger charge is 2.13. The summed E-state index contributed by atoms with van der Waals surface area (Å²) in [6.07, 6.45) is 0.812. The molecule has 0 bridgehead atoms. The van der Waals surface area contributed by atoms with Gasteiger partial charge in [-0.1, -0.05) is 18.2 Å². The van der Waals surface area contributed by atoms with E-state index >= 15 is 0 Å². The van der Waals surface area contributed by atoms with Crippen molar-refractivity contribution in [1.29, 1.82) is 0 Å². The molecule has 102 valence electrons. The molecule has 0 saturated heterocycles. The zero-order valence-corrected chi connectivity index (χ0v) is 11.1. The highest BCUT2D eigenvalue weighted by atomic mass is 16.7. The Labute approximate surface area is 116 Å². The zero-order valence-electron chi connectivity index (χ0n) is 11.1. The average molecular weight is 270 g/mol. The summed E-state index contributed by atoms with van der Waals surface area (Å²) in [6.45, 7) is 2.63. The first-order valence-electron chi connectivity index (χ1n) is 6.33. The molecule has 0 aromatic heterocycles. The minimum absolute atomic E-state index is 0.264.